The van der Waals surface area contributed by atoms with Gasteiger partial charge in [0.15, 0.2) is 0 Å². The molecule has 0 bridgehead atoms. The van der Waals surface area contributed by atoms with Crippen LogP contribution in [0.5, 0.6) is 0 Å². The zero-order chi connectivity index (χ0) is 12.4. The fourth-order valence-corrected chi connectivity index (χ4v) is 2.73. The van der Waals surface area contributed by atoms with Crippen LogP contribution >= 0.6 is 0 Å². The van der Waals surface area contributed by atoms with Crippen LogP contribution in [0.25, 0.3) is 0 Å². The Morgan fingerprint density at radius 3 is 2.47 bits per heavy atom. The van der Waals surface area contributed by atoms with E-state index < -0.39 is 0 Å². The number of aryl methyl sites for hydroxylation is 2. The van der Waals surface area contributed by atoms with Crippen molar-refractivity contribution in [1.29, 1.82) is 0 Å². The minimum absolute atomic E-state index is 0.723. The number of hydrogen-bond donors (Lipinski definition) is 0. The Morgan fingerprint density at radius 2 is 1.88 bits per heavy atom. The van der Waals surface area contributed by atoms with Crippen LogP contribution < -0.4 is 4.90 Å². The average molecular weight is 232 g/mol. The number of likely N-dealkylation sites (N-methyl/N-ethyl adjacent to an activating group) is 1. The molecule has 0 spiro atoms. The fraction of sp³-hybridized carbons (Fsp3) is 0.600. The SMILES string of the molecule is CCN(C)C1CCN(c2cc(C)cc(C)c2)C1. The highest BCUT2D eigenvalue weighted by molar-refractivity contribution is 5.51. The molecule has 1 heterocycles. The van der Waals surface area contributed by atoms with Crippen molar-refractivity contribution >= 4 is 5.69 Å². The molecule has 0 amide bonds. The summed E-state index contributed by atoms with van der Waals surface area (Å²) in [5, 5.41) is 0. The van der Waals surface area contributed by atoms with Crippen molar-refractivity contribution in [2.75, 3.05) is 31.6 Å². The molecule has 1 aliphatic heterocycles. The Kier molecular flexibility index (Phi) is 3.72. The van der Waals surface area contributed by atoms with Crippen LogP contribution in [-0.2, 0) is 0 Å². The van der Waals surface area contributed by atoms with Gasteiger partial charge < -0.3 is 9.80 Å². The topological polar surface area (TPSA) is 6.48 Å². The maximum Gasteiger partial charge on any atom is 0.0372 e. The molecule has 1 unspecified atom stereocenters. The Labute approximate surface area is 105 Å². The lowest BCUT2D eigenvalue weighted by Crippen LogP contribution is -2.34. The van der Waals surface area contributed by atoms with Gasteiger partial charge in [-0.3, -0.25) is 0 Å². The molecule has 2 nitrogen and oxygen atoms in total. The summed E-state index contributed by atoms with van der Waals surface area (Å²) in [5.41, 5.74) is 4.13. The maximum absolute atomic E-state index is 2.52. The molecular weight excluding hydrogens is 208 g/mol. The summed E-state index contributed by atoms with van der Waals surface area (Å²) in [5.74, 6) is 0. The molecule has 0 saturated carbocycles. The lowest BCUT2D eigenvalue weighted by molar-refractivity contribution is 0.272. The normalized spacial score (nSPS) is 20.3. The number of hydrogen-bond acceptors (Lipinski definition) is 2. The smallest absolute Gasteiger partial charge is 0.0372 e. The molecule has 1 fully saturated rings. The Bertz CT molecular complexity index is 366. The van der Waals surface area contributed by atoms with Crippen molar-refractivity contribution in [3.05, 3.63) is 29.3 Å². The van der Waals surface area contributed by atoms with Gasteiger partial charge in [-0.1, -0.05) is 13.0 Å². The van der Waals surface area contributed by atoms with Crippen molar-refractivity contribution < 1.29 is 0 Å². The zero-order valence-electron chi connectivity index (χ0n) is 11.5. The highest BCUT2D eigenvalue weighted by atomic mass is 15.2. The largest absolute Gasteiger partial charge is 0.370 e. The summed E-state index contributed by atoms with van der Waals surface area (Å²) in [4.78, 5) is 4.99. The van der Waals surface area contributed by atoms with Crippen molar-refractivity contribution in [3.63, 3.8) is 0 Å². The number of nitrogens with zero attached hydrogens (tertiary/aromatic N) is 2. The minimum Gasteiger partial charge on any atom is -0.370 e. The lowest BCUT2D eigenvalue weighted by atomic mass is 10.1. The molecule has 0 radical (unpaired) electrons. The average Bonchev–Trinajstić information content (AvgIpc) is 2.76. The Hall–Kier alpha value is -1.02. The van der Waals surface area contributed by atoms with Crippen LogP contribution in [0, 0.1) is 13.8 Å². The second-order valence-corrected chi connectivity index (χ2v) is 5.31. The van der Waals surface area contributed by atoms with Gasteiger partial charge in [0.2, 0.25) is 0 Å². The monoisotopic (exact) mass is 232 g/mol. The lowest BCUT2D eigenvalue weighted by Gasteiger charge is -2.24. The van der Waals surface area contributed by atoms with E-state index in [0.717, 1.165) is 12.6 Å². The van der Waals surface area contributed by atoms with E-state index in [1.165, 1.54) is 36.3 Å². The van der Waals surface area contributed by atoms with Gasteiger partial charge in [-0.2, -0.15) is 0 Å². The highest BCUT2D eigenvalue weighted by Crippen LogP contribution is 2.24. The van der Waals surface area contributed by atoms with Crippen LogP contribution in [0.15, 0.2) is 18.2 Å². The van der Waals surface area contributed by atoms with E-state index in [2.05, 4.69) is 55.8 Å². The summed E-state index contributed by atoms with van der Waals surface area (Å²) < 4.78 is 0. The summed E-state index contributed by atoms with van der Waals surface area (Å²) >= 11 is 0. The molecule has 1 aromatic carbocycles. The third-order valence-electron chi connectivity index (χ3n) is 3.86. The molecule has 0 aromatic heterocycles. The molecule has 17 heavy (non-hydrogen) atoms. The molecule has 0 aliphatic carbocycles. The van der Waals surface area contributed by atoms with Crippen LogP contribution in [0.1, 0.15) is 24.5 Å². The van der Waals surface area contributed by atoms with Gasteiger partial charge in [-0.05, 0) is 57.1 Å². The van der Waals surface area contributed by atoms with Crippen LogP contribution in [0.3, 0.4) is 0 Å². The van der Waals surface area contributed by atoms with E-state index in [0.29, 0.717) is 0 Å². The van der Waals surface area contributed by atoms with Gasteiger partial charge in [0.25, 0.3) is 0 Å². The van der Waals surface area contributed by atoms with Crippen molar-refractivity contribution in [2.45, 2.75) is 33.2 Å². The predicted octanol–water partition coefficient (Wildman–Crippen LogP) is 2.83. The highest BCUT2D eigenvalue weighted by Gasteiger charge is 2.25. The van der Waals surface area contributed by atoms with E-state index in [1.807, 2.05) is 0 Å². The predicted molar refractivity (Wildman–Crippen MR) is 74.8 cm³/mol. The van der Waals surface area contributed by atoms with Gasteiger partial charge in [0, 0.05) is 24.8 Å². The summed E-state index contributed by atoms with van der Waals surface area (Å²) in [7, 11) is 2.23. The van der Waals surface area contributed by atoms with E-state index in [-0.39, 0.29) is 0 Å². The standard InChI is InChI=1S/C15H24N2/c1-5-16(4)14-6-7-17(11-14)15-9-12(2)8-13(3)10-15/h8-10,14H,5-7,11H2,1-4H3. The molecule has 2 rings (SSSR count). The van der Waals surface area contributed by atoms with E-state index in [4.69, 9.17) is 0 Å². The second kappa shape index (κ2) is 5.09. The van der Waals surface area contributed by atoms with E-state index >= 15 is 0 Å². The van der Waals surface area contributed by atoms with E-state index in [9.17, 15) is 0 Å². The quantitative estimate of drug-likeness (QED) is 0.790. The third-order valence-corrected chi connectivity index (χ3v) is 3.86. The Morgan fingerprint density at radius 1 is 1.24 bits per heavy atom. The summed E-state index contributed by atoms with van der Waals surface area (Å²) in [6.45, 7) is 10.1. The molecule has 1 atom stereocenters. The second-order valence-electron chi connectivity index (χ2n) is 5.31. The van der Waals surface area contributed by atoms with Crippen molar-refractivity contribution in [3.8, 4) is 0 Å². The molecule has 1 saturated heterocycles. The van der Waals surface area contributed by atoms with Crippen LogP contribution in [-0.4, -0.2) is 37.6 Å². The molecule has 94 valence electrons. The van der Waals surface area contributed by atoms with Gasteiger partial charge in [-0.25, -0.2) is 0 Å². The first kappa shape index (κ1) is 12.4. The molecule has 1 aliphatic rings. The van der Waals surface area contributed by atoms with Gasteiger partial charge in [0.05, 0.1) is 0 Å². The zero-order valence-corrected chi connectivity index (χ0v) is 11.5. The molecule has 0 N–H and O–H groups in total. The molecule has 1 aromatic rings. The Balaban J connectivity index is 2.09. The van der Waals surface area contributed by atoms with Crippen molar-refractivity contribution in [2.24, 2.45) is 0 Å². The fourth-order valence-electron chi connectivity index (χ4n) is 2.73. The minimum atomic E-state index is 0.723. The van der Waals surface area contributed by atoms with E-state index in [1.54, 1.807) is 0 Å². The van der Waals surface area contributed by atoms with Crippen LogP contribution in [0.4, 0.5) is 5.69 Å². The number of rotatable bonds is 3. The van der Waals surface area contributed by atoms with Crippen LogP contribution in [0.2, 0.25) is 0 Å². The van der Waals surface area contributed by atoms with Gasteiger partial charge in [0.1, 0.15) is 0 Å². The summed E-state index contributed by atoms with van der Waals surface area (Å²) in [6, 6.07) is 7.58. The maximum atomic E-state index is 2.52. The summed E-state index contributed by atoms with van der Waals surface area (Å²) in [6.07, 6.45) is 1.29. The molecular formula is C15H24N2. The molecule has 2 heteroatoms. The van der Waals surface area contributed by atoms with Gasteiger partial charge in [-0.15, -0.1) is 0 Å². The van der Waals surface area contributed by atoms with Gasteiger partial charge >= 0.3 is 0 Å². The number of anilines is 1. The number of benzene rings is 1. The first-order valence-electron chi connectivity index (χ1n) is 6.63. The first-order valence-corrected chi connectivity index (χ1v) is 6.63. The third kappa shape index (κ3) is 2.81. The first-order chi connectivity index (χ1) is 8.10. The van der Waals surface area contributed by atoms with Crippen molar-refractivity contribution in [1.82, 2.24) is 4.90 Å².